The maximum atomic E-state index is 12.2. The first-order valence-electron chi connectivity index (χ1n) is 9.43. The van der Waals surface area contributed by atoms with Gasteiger partial charge in [0.15, 0.2) is 0 Å². The normalized spacial score (nSPS) is 12.1. The van der Waals surface area contributed by atoms with Gasteiger partial charge in [-0.2, -0.15) is 0 Å². The summed E-state index contributed by atoms with van der Waals surface area (Å²) in [5.74, 6) is -0.655. The van der Waals surface area contributed by atoms with Crippen LogP contribution >= 0.6 is 22.9 Å². The summed E-state index contributed by atoms with van der Waals surface area (Å²) in [5.41, 5.74) is 2.12. The Morgan fingerprint density at radius 1 is 1.16 bits per heavy atom. The molecule has 6 nitrogen and oxygen atoms in total. The van der Waals surface area contributed by atoms with Crippen LogP contribution in [-0.4, -0.2) is 43.2 Å². The number of aromatic nitrogens is 3. The number of benzene rings is 2. The molecule has 0 aliphatic carbocycles. The summed E-state index contributed by atoms with van der Waals surface area (Å²) in [6, 6.07) is 18.7. The molecule has 1 unspecified atom stereocenters. The maximum absolute atomic E-state index is 12.2. The number of nitriles is 1. The molecular formula is C22H16AsClN5OS. The van der Waals surface area contributed by atoms with Gasteiger partial charge in [0.25, 0.3) is 0 Å². The Bertz CT molecular complexity index is 1220. The fourth-order valence-corrected chi connectivity index (χ4v) is 5.63. The third kappa shape index (κ3) is 5.29. The van der Waals surface area contributed by atoms with Gasteiger partial charge in [-0.25, -0.2) is 0 Å². The number of carbonyl (C=O) groups is 1. The van der Waals surface area contributed by atoms with Gasteiger partial charge in [-0.1, -0.05) is 0 Å². The molecule has 2 aromatic heterocycles. The number of carbonyl (C=O) groups excluding carboxylic acids is 1. The minimum absolute atomic E-state index is 0.132. The summed E-state index contributed by atoms with van der Waals surface area (Å²) in [7, 11) is 0. The van der Waals surface area contributed by atoms with Gasteiger partial charge in [0.2, 0.25) is 0 Å². The molecule has 1 N–H and O–H groups in total. The second-order valence-electron chi connectivity index (χ2n) is 6.51. The second kappa shape index (κ2) is 10.0. The summed E-state index contributed by atoms with van der Waals surface area (Å²) >= 11 is 7.02. The third-order valence-electron chi connectivity index (χ3n) is 4.40. The predicted molar refractivity (Wildman–Crippen MR) is 123 cm³/mol. The van der Waals surface area contributed by atoms with Crippen molar-refractivity contribution >= 4 is 59.4 Å². The van der Waals surface area contributed by atoms with Crippen LogP contribution in [0.4, 0.5) is 0 Å². The molecule has 2 aromatic carbocycles. The number of nitrogens with one attached hydrogen (secondary N) is 1. The van der Waals surface area contributed by atoms with Crippen LogP contribution < -0.4 is 9.93 Å². The quantitative estimate of drug-likeness (QED) is 0.304. The monoisotopic (exact) mass is 508 g/mol. The molecule has 9 heteroatoms. The fourth-order valence-electron chi connectivity index (χ4n) is 2.89. The van der Waals surface area contributed by atoms with Crippen molar-refractivity contribution in [3.05, 3.63) is 82.1 Å². The predicted octanol–water partition coefficient (Wildman–Crippen LogP) is 3.57. The molecular weight excluding hydrogens is 493 g/mol. The Hall–Kier alpha value is -2.78. The van der Waals surface area contributed by atoms with E-state index in [4.69, 9.17) is 11.6 Å². The van der Waals surface area contributed by atoms with Crippen LogP contribution in [0, 0.1) is 11.3 Å². The van der Waals surface area contributed by atoms with Crippen molar-refractivity contribution in [1.29, 1.82) is 5.26 Å². The van der Waals surface area contributed by atoms with Crippen LogP contribution in [0.15, 0.2) is 60.8 Å². The summed E-state index contributed by atoms with van der Waals surface area (Å²) in [6.07, 6.45) is 1.69. The first-order chi connectivity index (χ1) is 15.1. The van der Waals surface area contributed by atoms with Gasteiger partial charge in [-0.05, 0) is 0 Å². The minimum atomic E-state index is -0.523. The Morgan fingerprint density at radius 2 is 1.97 bits per heavy atom. The molecule has 31 heavy (non-hydrogen) atoms. The molecule has 153 valence electrons. The van der Waals surface area contributed by atoms with Crippen molar-refractivity contribution in [1.82, 2.24) is 20.3 Å². The zero-order valence-corrected chi connectivity index (χ0v) is 19.6. The first-order valence-corrected chi connectivity index (χ1v) is 12.9. The molecule has 4 aromatic rings. The van der Waals surface area contributed by atoms with Gasteiger partial charge in [0.1, 0.15) is 0 Å². The molecule has 0 saturated carbocycles. The van der Waals surface area contributed by atoms with Crippen LogP contribution in [0.25, 0.3) is 10.2 Å². The average molecular weight is 509 g/mol. The third-order valence-corrected chi connectivity index (χ3v) is 7.74. The van der Waals surface area contributed by atoms with E-state index in [0.29, 0.717) is 22.8 Å². The van der Waals surface area contributed by atoms with Crippen LogP contribution in [0.3, 0.4) is 0 Å². The SMILES string of the molecule is N#CC(c1ccnc([As]CCNC(=O)c2ccc(Cl)cc2)n1)c1nc2ccccc2s1. The first kappa shape index (κ1) is 21.5. The van der Waals surface area contributed by atoms with Crippen molar-refractivity contribution in [2.75, 3.05) is 6.54 Å². The van der Waals surface area contributed by atoms with E-state index < -0.39 is 5.92 Å². The van der Waals surface area contributed by atoms with Crippen molar-refractivity contribution < 1.29 is 4.79 Å². The Kier molecular flexibility index (Phi) is 6.93. The van der Waals surface area contributed by atoms with Gasteiger partial charge < -0.3 is 0 Å². The topological polar surface area (TPSA) is 91.6 Å². The molecule has 1 atom stereocenters. The van der Waals surface area contributed by atoms with Crippen LogP contribution in [0.5, 0.6) is 0 Å². The number of hydrogen-bond donors (Lipinski definition) is 1. The van der Waals surface area contributed by atoms with Gasteiger partial charge in [0.05, 0.1) is 0 Å². The Balaban J connectivity index is 1.38. The van der Waals surface area contributed by atoms with E-state index in [1.807, 2.05) is 24.3 Å². The van der Waals surface area contributed by atoms with E-state index in [-0.39, 0.29) is 21.7 Å². The number of halogens is 1. The zero-order valence-electron chi connectivity index (χ0n) is 16.2. The van der Waals surface area contributed by atoms with Gasteiger partial charge in [-0.15, -0.1) is 0 Å². The zero-order chi connectivity index (χ0) is 21.6. The summed E-state index contributed by atoms with van der Waals surface area (Å²) < 4.78 is 1.78. The molecule has 1 amide bonds. The molecule has 0 fully saturated rings. The van der Waals surface area contributed by atoms with E-state index in [1.54, 1.807) is 36.5 Å². The van der Waals surface area contributed by atoms with E-state index >= 15 is 0 Å². The number of nitrogens with zero attached hydrogens (tertiary/aromatic N) is 4. The standard InChI is InChI=1S/C22H16AsClN5OS/c24-15-7-5-14(6-8-15)20(30)26-12-10-23-22-27-11-9-17(29-22)16(13-25)21-28-18-3-1-2-4-19(18)31-21/h1-9,11,16H,10,12H2,(H,26,30). The summed E-state index contributed by atoms with van der Waals surface area (Å²) in [5, 5.41) is 14.8. The Labute approximate surface area is 195 Å². The van der Waals surface area contributed by atoms with Gasteiger partial charge in [-0.3, -0.25) is 0 Å². The van der Waals surface area contributed by atoms with Crippen molar-refractivity contribution in [3.8, 4) is 6.07 Å². The second-order valence-corrected chi connectivity index (χ2v) is 10.4. The molecule has 0 aliphatic rings. The van der Waals surface area contributed by atoms with Crippen LogP contribution in [-0.2, 0) is 0 Å². The molecule has 4 rings (SSSR count). The fraction of sp³-hybridized carbons (Fsp3) is 0.136. The van der Waals surface area contributed by atoms with Crippen LogP contribution in [0.1, 0.15) is 27.0 Å². The molecule has 0 saturated heterocycles. The molecule has 1 radical (unpaired) electrons. The molecule has 0 bridgehead atoms. The number of para-hydroxylation sites is 1. The van der Waals surface area contributed by atoms with E-state index in [0.717, 1.165) is 25.0 Å². The summed E-state index contributed by atoms with van der Waals surface area (Å²) in [6.45, 7) is 0.536. The van der Waals surface area contributed by atoms with Crippen molar-refractivity contribution in [2.45, 2.75) is 11.1 Å². The molecule has 0 aliphatic heterocycles. The Morgan fingerprint density at radius 3 is 2.74 bits per heavy atom. The van der Waals surface area contributed by atoms with E-state index in [1.165, 1.54) is 11.3 Å². The van der Waals surface area contributed by atoms with Gasteiger partial charge in [0, 0.05) is 0 Å². The molecule has 2 heterocycles. The summed E-state index contributed by atoms with van der Waals surface area (Å²) in [4.78, 5) is 25.7. The number of amides is 1. The number of thiazole rings is 1. The van der Waals surface area contributed by atoms with E-state index in [9.17, 15) is 10.1 Å². The van der Waals surface area contributed by atoms with Crippen LogP contribution in [0.2, 0.25) is 10.2 Å². The molecule has 0 spiro atoms. The van der Waals surface area contributed by atoms with E-state index in [2.05, 4.69) is 26.3 Å². The van der Waals surface area contributed by atoms with Crippen molar-refractivity contribution in [2.24, 2.45) is 0 Å². The number of fused-ring (bicyclic) bond motifs is 1. The average Bonchev–Trinajstić information content (AvgIpc) is 3.21. The number of rotatable bonds is 7. The van der Waals surface area contributed by atoms with Crippen molar-refractivity contribution in [3.63, 3.8) is 0 Å². The number of hydrogen-bond acceptors (Lipinski definition) is 6. The van der Waals surface area contributed by atoms with Gasteiger partial charge >= 0.3 is 196 Å².